The maximum atomic E-state index is 5.11. The fourth-order valence-electron chi connectivity index (χ4n) is 1.05. The molecule has 0 spiro atoms. The molecule has 0 heterocycles. The van der Waals surface area contributed by atoms with Crippen molar-refractivity contribution >= 4 is 0 Å². The van der Waals surface area contributed by atoms with E-state index in [9.17, 15) is 0 Å². The van der Waals surface area contributed by atoms with Crippen LogP contribution < -0.4 is 5.32 Å². The van der Waals surface area contributed by atoms with Gasteiger partial charge in [-0.2, -0.15) is 0 Å². The van der Waals surface area contributed by atoms with Gasteiger partial charge in [0.05, 0.1) is 6.61 Å². The molecule has 0 saturated carbocycles. The Balaban J connectivity index is 3.69. The Labute approximate surface area is 64.0 Å². The summed E-state index contributed by atoms with van der Waals surface area (Å²) in [5.41, 5.74) is 0.309. The van der Waals surface area contributed by atoms with E-state index >= 15 is 0 Å². The molecule has 2 heteroatoms. The molecule has 0 fully saturated rings. The number of nitrogens with one attached hydrogen (secondary N) is 1. The summed E-state index contributed by atoms with van der Waals surface area (Å²) >= 11 is 0. The highest BCUT2D eigenvalue weighted by Gasteiger charge is 2.20. The molecule has 0 aromatic rings. The average Bonchev–Trinajstić information content (AvgIpc) is 1.89. The lowest BCUT2D eigenvalue weighted by Crippen LogP contribution is -2.33. The molecule has 1 unspecified atom stereocenters. The first kappa shape index (κ1) is 9.92. The second-order valence-electron chi connectivity index (χ2n) is 3.13. The number of ether oxygens (including phenoxy) is 1. The Morgan fingerprint density at radius 3 is 2.40 bits per heavy atom. The molecule has 1 atom stereocenters. The van der Waals surface area contributed by atoms with Crippen LogP contribution in [0.3, 0.4) is 0 Å². The predicted octanol–water partition coefficient (Wildman–Crippen LogP) is 1.27. The number of hydrogen-bond acceptors (Lipinski definition) is 2. The second-order valence-corrected chi connectivity index (χ2v) is 3.13. The van der Waals surface area contributed by atoms with Crippen molar-refractivity contribution in [2.45, 2.75) is 20.3 Å². The van der Waals surface area contributed by atoms with Crippen LogP contribution in [0.25, 0.3) is 0 Å². The Kier molecular flexibility index (Phi) is 4.65. The maximum absolute atomic E-state index is 5.11. The standard InChI is InChI=1S/C8H19NO/c1-5-8(2,6-9-3)7-10-4/h9H,5-7H2,1-4H3. The third kappa shape index (κ3) is 3.18. The van der Waals surface area contributed by atoms with Crippen molar-refractivity contribution in [1.29, 1.82) is 0 Å². The molecule has 0 saturated heterocycles. The van der Waals surface area contributed by atoms with E-state index in [1.165, 1.54) is 0 Å². The van der Waals surface area contributed by atoms with E-state index < -0.39 is 0 Å². The molecule has 0 aromatic carbocycles. The van der Waals surface area contributed by atoms with Crippen molar-refractivity contribution in [2.75, 3.05) is 27.3 Å². The smallest absolute Gasteiger partial charge is 0.0528 e. The molecule has 0 aromatic heterocycles. The van der Waals surface area contributed by atoms with Gasteiger partial charge < -0.3 is 10.1 Å². The van der Waals surface area contributed by atoms with E-state index in [2.05, 4.69) is 19.2 Å². The second kappa shape index (κ2) is 4.69. The summed E-state index contributed by atoms with van der Waals surface area (Å²) < 4.78 is 5.11. The van der Waals surface area contributed by atoms with Crippen LogP contribution in [0.1, 0.15) is 20.3 Å². The van der Waals surface area contributed by atoms with Gasteiger partial charge in [-0.15, -0.1) is 0 Å². The molecule has 10 heavy (non-hydrogen) atoms. The first-order valence-corrected chi connectivity index (χ1v) is 3.82. The lowest BCUT2D eigenvalue weighted by Gasteiger charge is -2.26. The van der Waals surface area contributed by atoms with Crippen LogP contribution in [0.5, 0.6) is 0 Å². The normalized spacial score (nSPS) is 16.8. The van der Waals surface area contributed by atoms with Crippen LogP contribution in [-0.4, -0.2) is 27.3 Å². The SMILES string of the molecule is CCC(C)(CNC)COC. The van der Waals surface area contributed by atoms with Crippen molar-refractivity contribution in [3.63, 3.8) is 0 Å². The maximum Gasteiger partial charge on any atom is 0.0528 e. The monoisotopic (exact) mass is 145 g/mol. The third-order valence-corrected chi connectivity index (χ3v) is 1.95. The van der Waals surface area contributed by atoms with Gasteiger partial charge >= 0.3 is 0 Å². The van der Waals surface area contributed by atoms with E-state index in [1.807, 2.05) is 7.05 Å². The highest BCUT2D eigenvalue weighted by molar-refractivity contribution is 4.73. The van der Waals surface area contributed by atoms with Crippen LogP contribution in [0, 0.1) is 5.41 Å². The number of methoxy groups -OCH3 is 1. The highest BCUT2D eigenvalue weighted by atomic mass is 16.5. The first-order valence-electron chi connectivity index (χ1n) is 3.82. The minimum atomic E-state index is 0.309. The molecule has 0 aliphatic heterocycles. The van der Waals surface area contributed by atoms with E-state index in [-0.39, 0.29) is 0 Å². The number of hydrogen-bond donors (Lipinski definition) is 1. The zero-order valence-electron chi connectivity index (χ0n) is 7.53. The van der Waals surface area contributed by atoms with Crippen LogP contribution >= 0.6 is 0 Å². The molecule has 0 aliphatic carbocycles. The molecule has 2 nitrogen and oxygen atoms in total. The zero-order valence-corrected chi connectivity index (χ0v) is 7.53. The van der Waals surface area contributed by atoms with Gasteiger partial charge in [0, 0.05) is 19.1 Å². The fourth-order valence-corrected chi connectivity index (χ4v) is 1.05. The van der Waals surface area contributed by atoms with E-state index in [1.54, 1.807) is 7.11 Å². The van der Waals surface area contributed by atoms with Gasteiger partial charge in [0.15, 0.2) is 0 Å². The van der Waals surface area contributed by atoms with Crippen LogP contribution in [0.15, 0.2) is 0 Å². The van der Waals surface area contributed by atoms with E-state index in [0.29, 0.717) is 5.41 Å². The molecule has 62 valence electrons. The van der Waals surface area contributed by atoms with Crippen molar-refractivity contribution in [3.05, 3.63) is 0 Å². The Bertz CT molecular complexity index is 77.3. The lowest BCUT2D eigenvalue weighted by atomic mass is 9.89. The molecule has 0 aliphatic rings. The quantitative estimate of drug-likeness (QED) is 0.629. The summed E-state index contributed by atoms with van der Waals surface area (Å²) in [7, 11) is 3.73. The fraction of sp³-hybridized carbons (Fsp3) is 1.00. The van der Waals surface area contributed by atoms with Gasteiger partial charge in [-0.3, -0.25) is 0 Å². The summed E-state index contributed by atoms with van der Waals surface area (Å²) in [4.78, 5) is 0. The summed E-state index contributed by atoms with van der Waals surface area (Å²) in [6, 6.07) is 0. The largest absolute Gasteiger partial charge is 0.384 e. The summed E-state index contributed by atoms with van der Waals surface area (Å²) in [5.74, 6) is 0. The first-order chi connectivity index (χ1) is 4.68. The Morgan fingerprint density at radius 1 is 1.50 bits per heavy atom. The van der Waals surface area contributed by atoms with E-state index in [4.69, 9.17) is 4.74 Å². The van der Waals surface area contributed by atoms with Crippen molar-refractivity contribution in [1.82, 2.24) is 5.32 Å². The minimum Gasteiger partial charge on any atom is -0.384 e. The molecular weight excluding hydrogens is 126 g/mol. The predicted molar refractivity (Wildman–Crippen MR) is 44.2 cm³/mol. The molecule has 0 amide bonds. The van der Waals surface area contributed by atoms with Gasteiger partial charge in [0.25, 0.3) is 0 Å². The van der Waals surface area contributed by atoms with Gasteiger partial charge in [-0.1, -0.05) is 13.8 Å². The zero-order chi connectivity index (χ0) is 8.04. The minimum absolute atomic E-state index is 0.309. The third-order valence-electron chi connectivity index (χ3n) is 1.95. The van der Waals surface area contributed by atoms with E-state index in [0.717, 1.165) is 19.6 Å². The van der Waals surface area contributed by atoms with Crippen molar-refractivity contribution in [3.8, 4) is 0 Å². The van der Waals surface area contributed by atoms with Crippen molar-refractivity contribution in [2.24, 2.45) is 5.41 Å². The summed E-state index contributed by atoms with van der Waals surface area (Å²) in [5, 5.41) is 3.16. The van der Waals surface area contributed by atoms with Gasteiger partial charge in [0.1, 0.15) is 0 Å². The van der Waals surface area contributed by atoms with Crippen LogP contribution in [-0.2, 0) is 4.74 Å². The lowest BCUT2D eigenvalue weighted by molar-refractivity contribution is 0.0896. The topological polar surface area (TPSA) is 21.3 Å². The van der Waals surface area contributed by atoms with Gasteiger partial charge in [-0.05, 0) is 13.5 Å². The Morgan fingerprint density at radius 2 is 2.10 bits per heavy atom. The molecule has 1 N–H and O–H groups in total. The summed E-state index contributed by atoms with van der Waals surface area (Å²) in [6.07, 6.45) is 1.15. The highest BCUT2D eigenvalue weighted by Crippen LogP contribution is 2.19. The van der Waals surface area contributed by atoms with Gasteiger partial charge in [0.2, 0.25) is 0 Å². The van der Waals surface area contributed by atoms with Crippen LogP contribution in [0.2, 0.25) is 0 Å². The van der Waals surface area contributed by atoms with Crippen LogP contribution in [0.4, 0.5) is 0 Å². The molecular formula is C8H19NO. The molecule has 0 bridgehead atoms. The number of rotatable bonds is 5. The van der Waals surface area contributed by atoms with Crippen molar-refractivity contribution < 1.29 is 4.74 Å². The summed E-state index contributed by atoms with van der Waals surface area (Å²) in [6.45, 7) is 6.28. The molecule has 0 radical (unpaired) electrons. The Hall–Kier alpha value is -0.0800. The average molecular weight is 145 g/mol. The molecule has 0 rings (SSSR count). The van der Waals surface area contributed by atoms with Gasteiger partial charge in [-0.25, -0.2) is 0 Å².